The van der Waals surface area contributed by atoms with E-state index in [1.165, 1.54) is 0 Å². The number of nitrogens with zero attached hydrogens (tertiary/aromatic N) is 2. The summed E-state index contributed by atoms with van der Waals surface area (Å²) in [6, 6.07) is 8.73. The molecule has 28 heavy (non-hydrogen) atoms. The number of anilines is 2. The van der Waals surface area contributed by atoms with Gasteiger partial charge in [0.05, 0.1) is 23.7 Å². The van der Waals surface area contributed by atoms with Crippen molar-refractivity contribution in [3.8, 4) is 5.75 Å². The van der Waals surface area contributed by atoms with E-state index in [4.69, 9.17) is 10.5 Å². The third-order valence-corrected chi connectivity index (χ3v) is 5.04. The molecule has 0 radical (unpaired) electrons. The lowest BCUT2D eigenvalue weighted by atomic mass is 10.0. The van der Waals surface area contributed by atoms with Crippen LogP contribution in [0, 0.1) is 5.21 Å². The fourth-order valence-electron chi connectivity index (χ4n) is 3.40. The minimum absolute atomic E-state index is 0.133. The fraction of sp³-hybridized carbons (Fsp3) is 0.350. The Kier molecular flexibility index (Phi) is 6.15. The Balaban J connectivity index is 2.13. The average Bonchev–Trinajstić information content (AvgIpc) is 2.70. The minimum atomic E-state index is -1.03. The van der Waals surface area contributed by atoms with Crippen LogP contribution in [0.25, 0.3) is 21.8 Å². The molecule has 5 N–H and O–H groups in total. The predicted molar refractivity (Wildman–Crippen MR) is 112 cm³/mol. The van der Waals surface area contributed by atoms with Crippen molar-refractivity contribution < 1.29 is 15.2 Å². The van der Waals surface area contributed by atoms with Crippen LogP contribution in [0.15, 0.2) is 30.3 Å². The molecule has 8 nitrogen and oxygen atoms in total. The lowest BCUT2D eigenvalue weighted by molar-refractivity contribution is -0.990. The Bertz CT molecular complexity index is 973. The van der Waals surface area contributed by atoms with Crippen LogP contribution >= 0.6 is 0 Å². The maximum atomic E-state index is 11.7. The zero-order chi connectivity index (χ0) is 20.3. The molecule has 1 heterocycles. The number of nitrogen functional groups attached to an aromatic ring is 1. The van der Waals surface area contributed by atoms with Crippen molar-refractivity contribution in [3.05, 3.63) is 35.5 Å². The van der Waals surface area contributed by atoms with Gasteiger partial charge >= 0.3 is 0 Å². The van der Waals surface area contributed by atoms with Gasteiger partial charge in [0.2, 0.25) is 0 Å². The second-order valence-corrected chi connectivity index (χ2v) is 6.55. The number of hydrogen-bond donors (Lipinski definition) is 4. The zero-order valence-electron chi connectivity index (χ0n) is 16.5. The Labute approximate surface area is 164 Å². The highest BCUT2D eigenvalue weighted by atomic mass is 16.8. The average molecular weight is 385 g/mol. The van der Waals surface area contributed by atoms with E-state index >= 15 is 0 Å². The molecule has 0 saturated heterocycles. The second-order valence-electron chi connectivity index (χ2n) is 6.55. The normalized spacial score (nSPS) is 12.6. The number of pyridine rings is 1. The summed E-state index contributed by atoms with van der Waals surface area (Å²) in [5.74, 6) is 0.672. The van der Waals surface area contributed by atoms with Gasteiger partial charge in [-0.1, -0.05) is 13.8 Å². The van der Waals surface area contributed by atoms with Crippen LogP contribution in [-0.4, -0.2) is 48.4 Å². The summed E-state index contributed by atoms with van der Waals surface area (Å²) in [5, 5.41) is 25.1. The van der Waals surface area contributed by atoms with Gasteiger partial charge in [0.25, 0.3) is 0 Å². The Morgan fingerprint density at radius 1 is 1.25 bits per heavy atom. The maximum Gasteiger partial charge on any atom is 0.190 e. The molecule has 3 aromatic rings. The zero-order valence-corrected chi connectivity index (χ0v) is 16.5. The highest BCUT2D eigenvalue weighted by Crippen LogP contribution is 2.37. The van der Waals surface area contributed by atoms with E-state index in [0.29, 0.717) is 27.9 Å². The molecule has 0 aliphatic carbocycles. The highest BCUT2D eigenvalue weighted by Gasteiger charge is 2.18. The maximum absolute atomic E-state index is 11.7. The second kappa shape index (κ2) is 8.57. The third-order valence-electron chi connectivity index (χ3n) is 5.04. The molecule has 0 spiro atoms. The van der Waals surface area contributed by atoms with Crippen molar-refractivity contribution >= 4 is 38.9 Å². The number of quaternary nitrogens is 1. The molecule has 0 aliphatic heterocycles. The van der Waals surface area contributed by atoms with E-state index in [0.717, 1.165) is 37.3 Å². The van der Waals surface area contributed by atoms with Gasteiger partial charge in [0.1, 0.15) is 11.3 Å². The van der Waals surface area contributed by atoms with Crippen LogP contribution in [0.1, 0.15) is 13.8 Å². The van der Waals surface area contributed by atoms with Crippen LogP contribution in [0.4, 0.5) is 17.1 Å². The summed E-state index contributed by atoms with van der Waals surface area (Å²) in [6.45, 7) is 7.81. The quantitative estimate of drug-likeness (QED) is 0.347. The molecule has 1 aromatic heterocycles. The number of methoxy groups -OCH3 is 1. The lowest BCUT2D eigenvalue weighted by Crippen LogP contribution is -2.99. The first-order valence-electron chi connectivity index (χ1n) is 9.39. The summed E-state index contributed by atoms with van der Waals surface area (Å²) in [5.41, 5.74) is 8.92. The first-order valence-corrected chi connectivity index (χ1v) is 9.39. The Hall–Kier alpha value is -2.65. The molecule has 8 heteroatoms. The van der Waals surface area contributed by atoms with Crippen molar-refractivity contribution in [1.29, 1.82) is 0 Å². The predicted octanol–water partition coefficient (Wildman–Crippen LogP) is 2.14. The lowest BCUT2D eigenvalue weighted by Gasteiger charge is -2.21. The number of likely N-dealkylation sites (N-methyl/N-ethyl adjacent to an activating group) is 1. The summed E-state index contributed by atoms with van der Waals surface area (Å²) in [4.78, 5) is 6.91. The van der Waals surface area contributed by atoms with Crippen molar-refractivity contribution in [2.45, 2.75) is 13.8 Å². The number of ether oxygens (including phenoxy) is 1. The summed E-state index contributed by atoms with van der Waals surface area (Å²) >= 11 is 0. The fourth-order valence-corrected chi connectivity index (χ4v) is 3.40. The number of benzene rings is 2. The largest absolute Gasteiger partial charge is 0.595 e. The van der Waals surface area contributed by atoms with Crippen LogP contribution in [0.2, 0.25) is 0 Å². The molecular weight excluding hydrogens is 358 g/mol. The van der Waals surface area contributed by atoms with Crippen molar-refractivity contribution in [2.75, 3.05) is 44.3 Å². The molecule has 0 bridgehead atoms. The number of rotatable bonds is 8. The van der Waals surface area contributed by atoms with Gasteiger partial charge in [0.15, 0.2) is 5.69 Å². The van der Waals surface area contributed by atoms with Crippen LogP contribution in [0.5, 0.6) is 5.75 Å². The van der Waals surface area contributed by atoms with E-state index in [1.807, 2.05) is 6.07 Å². The van der Waals surface area contributed by atoms with Gasteiger partial charge in [-0.2, -0.15) is 5.23 Å². The monoisotopic (exact) mass is 385 g/mol. The summed E-state index contributed by atoms with van der Waals surface area (Å²) in [6.07, 6.45) is 0. The van der Waals surface area contributed by atoms with Crippen molar-refractivity contribution in [1.82, 2.24) is 9.88 Å². The van der Waals surface area contributed by atoms with Crippen LogP contribution in [-0.2, 0) is 0 Å². The van der Waals surface area contributed by atoms with Gasteiger partial charge in [-0.15, -0.1) is 0 Å². The van der Waals surface area contributed by atoms with Crippen molar-refractivity contribution in [2.24, 2.45) is 0 Å². The van der Waals surface area contributed by atoms with Gasteiger partial charge in [-0.05, 0) is 37.4 Å². The molecule has 2 aromatic carbocycles. The number of nitrogens with one attached hydrogen (secondary N) is 2. The van der Waals surface area contributed by atoms with Crippen LogP contribution < -0.4 is 21.0 Å². The van der Waals surface area contributed by atoms with Gasteiger partial charge in [-0.3, -0.25) is 0 Å². The molecule has 1 unspecified atom stereocenters. The highest BCUT2D eigenvalue weighted by molar-refractivity contribution is 6.14. The number of nitrogens with two attached hydrogens (primary N) is 1. The first kappa shape index (κ1) is 20.1. The molecule has 150 valence electrons. The Morgan fingerprint density at radius 3 is 2.64 bits per heavy atom. The standard InChI is InChI=1S/C20H27N5O3/c1-4-24(5-2)11-10-22-16-8-9-17(25(26)27)20-18(16)19(21)14-12-13(28-3)6-7-15(14)23-20/h6-9,12,22,25-26H,4-5,10-11H2,1-3H3,(H2,21,23). The molecule has 3 rings (SSSR count). The van der Waals surface area contributed by atoms with E-state index in [2.05, 4.69) is 29.0 Å². The smallest absolute Gasteiger partial charge is 0.190 e. The number of fused-ring (bicyclic) bond motifs is 2. The molecule has 0 aliphatic rings. The summed E-state index contributed by atoms with van der Waals surface area (Å²) in [7, 11) is 1.59. The minimum Gasteiger partial charge on any atom is -0.595 e. The van der Waals surface area contributed by atoms with Crippen LogP contribution in [0.3, 0.4) is 0 Å². The third kappa shape index (κ3) is 3.81. The molecule has 0 amide bonds. The molecular formula is C20H27N5O3. The van der Waals surface area contributed by atoms with Gasteiger partial charge in [0, 0.05) is 30.2 Å². The SMILES string of the molecule is CCN(CC)CCNc1ccc([NH+]([O-])O)c2nc3ccc(OC)cc3c(N)c12. The number of hydrogen-bond acceptors (Lipinski definition) is 7. The molecule has 0 saturated carbocycles. The van der Waals surface area contributed by atoms with E-state index in [1.54, 1.807) is 31.4 Å². The Morgan fingerprint density at radius 2 is 2.00 bits per heavy atom. The van der Waals surface area contributed by atoms with Crippen molar-refractivity contribution in [3.63, 3.8) is 0 Å². The van der Waals surface area contributed by atoms with E-state index in [-0.39, 0.29) is 5.69 Å². The van der Waals surface area contributed by atoms with Gasteiger partial charge < -0.3 is 25.9 Å². The first-order chi connectivity index (χ1) is 13.5. The van der Waals surface area contributed by atoms with E-state index < -0.39 is 5.23 Å². The summed E-state index contributed by atoms with van der Waals surface area (Å²) < 4.78 is 5.30. The molecule has 1 atom stereocenters. The molecule has 0 fully saturated rings. The topological polar surface area (TPSA) is 111 Å². The number of aromatic nitrogens is 1. The van der Waals surface area contributed by atoms with E-state index in [9.17, 15) is 10.4 Å². The van der Waals surface area contributed by atoms with Gasteiger partial charge in [-0.25, -0.2) is 10.2 Å².